The highest BCUT2D eigenvalue weighted by atomic mass is 79.9. The fourth-order valence-electron chi connectivity index (χ4n) is 3.67. The van der Waals surface area contributed by atoms with E-state index in [2.05, 4.69) is 41.8 Å². The normalized spacial score (nSPS) is 32.2. The van der Waals surface area contributed by atoms with E-state index in [1.807, 2.05) is 0 Å². The summed E-state index contributed by atoms with van der Waals surface area (Å²) in [6.07, 6.45) is 5.83. The van der Waals surface area contributed by atoms with E-state index in [1.165, 1.54) is 32.2 Å². The monoisotopic (exact) mass is 335 g/mol. The van der Waals surface area contributed by atoms with Crippen molar-refractivity contribution in [2.75, 3.05) is 20.6 Å². The summed E-state index contributed by atoms with van der Waals surface area (Å²) in [6.45, 7) is 10.1. The zero-order valence-electron chi connectivity index (χ0n) is 13.7. The number of hydrogen-bond acceptors (Lipinski definition) is 1. The number of quaternary nitrogens is 1. The molecule has 1 fully saturated rings. The zero-order valence-corrected chi connectivity index (χ0v) is 15.3. The van der Waals surface area contributed by atoms with Crippen LogP contribution in [-0.4, -0.2) is 41.9 Å². The molecular formula is C16H34BrNO. The Morgan fingerprint density at radius 1 is 1.32 bits per heavy atom. The largest absolute Gasteiger partial charge is 1.00 e. The second kappa shape index (κ2) is 7.42. The number of nitrogens with zero attached hydrogens (tertiary/aromatic N) is 1. The minimum Gasteiger partial charge on any atom is -1.00 e. The Kier molecular flexibility index (Phi) is 7.58. The van der Waals surface area contributed by atoms with Gasteiger partial charge in [-0.3, -0.25) is 0 Å². The molecule has 3 heteroatoms. The summed E-state index contributed by atoms with van der Waals surface area (Å²) in [6, 6.07) is 0.394. The van der Waals surface area contributed by atoms with Crippen molar-refractivity contribution in [3.05, 3.63) is 0 Å². The first-order chi connectivity index (χ1) is 8.20. The van der Waals surface area contributed by atoms with Crippen LogP contribution >= 0.6 is 0 Å². The predicted octanol–water partition coefficient (Wildman–Crippen LogP) is 0.443. The third-order valence-corrected chi connectivity index (χ3v) is 5.14. The Morgan fingerprint density at radius 3 is 2.37 bits per heavy atom. The summed E-state index contributed by atoms with van der Waals surface area (Å²) in [7, 11) is 4.61. The Morgan fingerprint density at radius 2 is 1.89 bits per heavy atom. The Balaban J connectivity index is 0.00000324. The molecule has 3 atom stereocenters. The predicted molar refractivity (Wildman–Crippen MR) is 78.5 cm³/mol. The summed E-state index contributed by atoms with van der Waals surface area (Å²) in [5.41, 5.74) is -0.484. The number of hydrogen-bond donors (Lipinski definition) is 1. The van der Waals surface area contributed by atoms with Crippen LogP contribution in [0.15, 0.2) is 0 Å². The van der Waals surface area contributed by atoms with E-state index in [0.29, 0.717) is 6.04 Å². The molecule has 3 unspecified atom stereocenters. The van der Waals surface area contributed by atoms with Crippen LogP contribution < -0.4 is 17.0 Å². The maximum Gasteiger partial charge on any atom is 0.118 e. The molecule has 116 valence electrons. The van der Waals surface area contributed by atoms with Crippen LogP contribution in [0, 0.1) is 11.8 Å². The molecule has 2 nitrogen and oxygen atoms in total. The molecule has 0 spiro atoms. The van der Waals surface area contributed by atoms with E-state index >= 15 is 0 Å². The molecule has 0 aromatic carbocycles. The molecule has 0 aliphatic heterocycles. The van der Waals surface area contributed by atoms with E-state index in [4.69, 9.17) is 0 Å². The molecular weight excluding hydrogens is 302 g/mol. The quantitative estimate of drug-likeness (QED) is 0.723. The van der Waals surface area contributed by atoms with Crippen LogP contribution in [0.2, 0.25) is 0 Å². The van der Waals surface area contributed by atoms with Crippen molar-refractivity contribution in [2.45, 2.75) is 71.4 Å². The molecule has 1 N–H and O–H groups in total. The third kappa shape index (κ3) is 5.02. The standard InChI is InChI=1S/C16H34NO.BrH/c1-7-8-11-17(5,6)15-12-14(13(2)3)9-10-16(15,4)18;/h13-15,18H,7-12H2,1-6H3;1H/q+1;/p-1. The maximum atomic E-state index is 10.8. The fourth-order valence-corrected chi connectivity index (χ4v) is 3.67. The number of halogens is 1. The Labute approximate surface area is 130 Å². The van der Waals surface area contributed by atoms with Crippen molar-refractivity contribution in [2.24, 2.45) is 11.8 Å². The molecule has 0 aromatic heterocycles. The molecule has 1 rings (SSSR count). The number of aliphatic hydroxyl groups is 1. The van der Waals surface area contributed by atoms with Crippen molar-refractivity contribution >= 4 is 0 Å². The summed E-state index contributed by atoms with van der Waals surface area (Å²) in [4.78, 5) is 0. The number of unbranched alkanes of at least 4 members (excludes halogenated alkanes) is 1. The molecule has 0 saturated heterocycles. The fraction of sp³-hybridized carbons (Fsp3) is 1.00. The number of likely N-dealkylation sites (N-methyl/N-ethyl adjacent to an activating group) is 1. The van der Waals surface area contributed by atoms with Crippen molar-refractivity contribution in [1.29, 1.82) is 0 Å². The smallest absolute Gasteiger partial charge is 0.118 e. The topological polar surface area (TPSA) is 20.2 Å². The van der Waals surface area contributed by atoms with Gasteiger partial charge in [-0.05, 0) is 38.0 Å². The molecule has 19 heavy (non-hydrogen) atoms. The van der Waals surface area contributed by atoms with Crippen molar-refractivity contribution in [1.82, 2.24) is 0 Å². The van der Waals surface area contributed by atoms with Gasteiger partial charge in [-0.15, -0.1) is 0 Å². The molecule has 0 bridgehead atoms. The highest BCUT2D eigenvalue weighted by Gasteiger charge is 2.47. The molecule has 0 radical (unpaired) electrons. The lowest BCUT2D eigenvalue weighted by molar-refractivity contribution is -0.924. The van der Waals surface area contributed by atoms with Crippen LogP contribution in [0.1, 0.15) is 59.8 Å². The SMILES string of the molecule is CCCC[N+](C)(C)C1CC(C(C)C)CCC1(C)O.[Br-]. The lowest BCUT2D eigenvalue weighted by atomic mass is 9.71. The van der Waals surface area contributed by atoms with E-state index in [0.717, 1.165) is 22.7 Å². The van der Waals surface area contributed by atoms with E-state index in [9.17, 15) is 5.11 Å². The molecule has 0 amide bonds. The first-order valence-electron chi connectivity index (χ1n) is 7.75. The van der Waals surface area contributed by atoms with Gasteiger partial charge < -0.3 is 26.6 Å². The molecule has 1 aliphatic carbocycles. The van der Waals surface area contributed by atoms with E-state index < -0.39 is 5.60 Å². The highest BCUT2D eigenvalue weighted by Crippen LogP contribution is 2.40. The summed E-state index contributed by atoms with van der Waals surface area (Å²) >= 11 is 0. The summed E-state index contributed by atoms with van der Waals surface area (Å²) in [5.74, 6) is 1.53. The lowest BCUT2D eigenvalue weighted by Gasteiger charge is -2.50. The van der Waals surface area contributed by atoms with E-state index in [-0.39, 0.29) is 17.0 Å². The Bertz CT molecular complexity index is 263. The minimum absolute atomic E-state index is 0. The first kappa shape index (κ1) is 19.4. The van der Waals surface area contributed by atoms with Crippen molar-refractivity contribution in [3.8, 4) is 0 Å². The molecule has 0 aromatic rings. The first-order valence-corrected chi connectivity index (χ1v) is 7.75. The molecule has 1 aliphatic rings. The summed E-state index contributed by atoms with van der Waals surface area (Å²) in [5, 5.41) is 10.8. The van der Waals surface area contributed by atoms with Gasteiger partial charge in [-0.2, -0.15) is 0 Å². The van der Waals surface area contributed by atoms with Crippen LogP contribution in [-0.2, 0) is 0 Å². The van der Waals surface area contributed by atoms with Gasteiger partial charge in [-0.1, -0.05) is 27.2 Å². The van der Waals surface area contributed by atoms with Gasteiger partial charge in [0.2, 0.25) is 0 Å². The minimum atomic E-state index is -0.484. The second-order valence-corrected chi connectivity index (χ2v) is 7.51. The van der Waals surface area contributed by atoms with Crippen molar-refractivity contribution in [3.63, 3.8) is 0 Å². The Hall–Kier alpha value is 0.400. The lowest BCUT2D eigenvalue weighted by Crippen LogP contribution is -3.00. The van der Waals surface area contributed by atoms with Crippen LogP contribution in [0.5, 0.6) is 0 Å². The average Bonchev–Trinajstić information content (AvgIpc) is 2.25. The van der Waals surface area contributed by atoms with Gasteiger partial charge in [0.25, 0.3) is 0 Å². The average molecular weight is 336 g/mol. The van der Waals surface area contributed by atoms with Gasteiger partial charge in [0, 0.05) is 6.42 Å². The summed E-state index contributed by atoms with van der Waals surface area (Å²) < 4.78 is 0.976. The van der Waals surface area contributed by atoms with Gasteiger partial charge in [0.05, 0.1) is 20.6 Å². The second-order valence-electron chi connectivity index (χ2n) is 7.51. The van der Waals surface area contributed by atoms with Gasteiger partial charge in [-0.25, -0.2) is 0 Å². The van der Waals surface area contributed by atoms with Crippen molar-refractivity contribution < 1.29 is 26.6 Å². The van der Waals surface area contributed by atoms with Crippen LogP contribution in [0.25, 0.3) is 0 Å². The maximum absolute atomic E-state index is 10.8. The molecule has 0 heterocycles. The van der Waals surface area contributed by atoms with Crippen LogP contribution in [0.4, 0.5) is 0 Å². The zero-order chi connectivity index (χ0) is 14.0. The van der Waals surface area contributed by atoms with Crippen LogP contribution in [0.3, 0.4) is 0 Å². The molecule has 1 saturated carbocycles. The third-order valence-electron chi connectivity index (χ3n) is 5.14. The van der Waals surface area contributed by atoms with Gasteiger partial charge in [0.15, 0.2) is 0 Å². The van der Waals surface area contributed by atoms with Gasteiger partial charge >= 0.3 is 0 Å². The highest BCUT2D eigenvalue weighted by molar-refractivity contribution is 4.91. The van der Waals surface area contributed by atoms with Gasteiger partial charge in [0.1, 0.15) is 11.6 Å². The van der Waals surface area contributed by atoms with E-state index in [1.54, 1.807) is 0 Å². The number of rotatable bonds is 5.